The standard InChI is InChI=1S/C22H25N3O2S/c1-3-5-14-27-19-12-8-17(9-13-19)21(26)24-18-10-6-16(7-11-18)20-15-28-22(25-20)23-4-2/h6-13,15H,3-5,14H2,1-2H3,(H,23,25)(H,24,26). The minimum Gasteiger partial charge on any atom is -0.494 e. The van der Waals surface area contributed by atoms with Crippen molar-refractivity contribution in [2.75, 3.05) is 23.8 Å². The number of hydrogen-bond acceptors (Lipinski definition) is 5. The lowest BCUT2D eigenvalue weighted by atomic mass is 10.1. The first-order valence-corrected chi connectivity index (χ1v) is 10.4. The van der Waals surface area contributed by atoms with Gasteiger partial charge in [-0.2, -0.15) is 0 Å². The molecule has 146 valence electrons. The zero-order valence-electron chi connectivity index (χ0n) is 16.2. The van der Waals surface area contributed by atoms with Gasteiger partial charge in [-0.3, -0.25) is 4.79 Å². The molecule has 2 N–H and O–H groups in total. The molecule has 3 rings (SSSR count). The first-order valence-electron chi connectivity index (χ1n) is 9.53. The number of anilines is 2. The molecular formula is C22H25N3O2S. The fourth-order valence-electron chi connectivity index (χ4n) is 2.60. The smallest absolute Gasteiger partial charge is 0.255 e. The summed E-state index contributed by atoms with van der Waals surface area (Å²) in [6.45, 7) is 5.72. The number of carbonyl (C=O) groups is 1. The molecular weight excluding hydrogens is 370 g/mol. The number of thiazole rings is 1. The third-order valence-electron chi connectivity index (χ3n) is 4.15. The quantitative estimate of drug-likeness (QED) is 0.458. The predicted molar refractivity (Wildman–Crippen MR) is 117 cm³/mol. The van der Waals surface area contributed by atoms with E-state index in [4.69, 9.17) is 4.74 Å². The van der Waals surface area contributed by atoms with Crippen molar-refractivity contribution in [1.82, 2.24) is 4.98 Å². The van der Waals surface area contributed by atoms with Gasteiger partial charge in [0, 0.05) is 28.7 Å². The molecule has 0 bridgehead atoms. The molecule has 28 heavy (non-hydrogen) atoms. The minimum atomic E-state index is -0.143. The van der Waals surface area contributed by atoms with Crippen LogP contribution in [0.1, 0.15) is 37.0 Å². The van der Waals surface area contributed by atoms with Gasteiger partial charge in [-0.25, -0.2) is 4.98 Å². The van der Waals surface area contributed by atoms with Gasteiger partial charge in [0.2, 0.25) is 0 Å². The van der Waals surface area contributed by atoms with Gasteiger partial charge in [0.1, 0.15) is 5.75 Å². The molecule has 3 aromatic rings. The molecule has 1 aromatic heterocycles. The lowest BCUT2D eigenvalue weighted by molar-refractivity contribution is 0.102. The van der Waals surface area contributed by atoms with Crippen LogP contribution >= 0.6 is 11.3 Å². The summed E-state index contributed by atoms with van der Waals surface area (Å²) in [6, 6.07) is 14.9. The third kappa shape index (κ3) is 5.33. The SMILES string of the molecule is CCCCOc1ccc(C(=O)Nc2ccc(-c3csc(NCC)n3)cc2)cc1. The second-order valence-corrected chi connectivity index (χ2v) is 7.18. The maximum Gasteiger partial charge on any atom is 0.255 e. The summed E-state index contributed by atoms with van der Waals surface area (Å²) >= 11 is 1.59. The van der Waals surface area contributed by atoms with E-state index in [-0.39, 0.29) is 5.91 Å². The number of aromatic nitrogens is 1. The van der Waals surface area contributed by atoms with Crippen molar-refractivity contribution >= 4 is 28.1 Å². The maximum absolute atomic E-state index is 12.4. The summed E-state index contributed by atoms with van der Waals surface area (Å²) in [6.07, 6.45) is 2.12. The molecule has 0 atom stereocenters. The van der Waals surface area contributed by atoms with E-state index in [0.29, 0.717) is 12.2 Å². The Labute approximate surface area is 169 Å². The van der Waals surface area contributed by atoms with E-state index in [1.165, 1.54) is 0 Å². The molecule has 0 aliphatic carbocycles. The Balaban J connectivity index is 1.59. The Kier molecular flexibility index (Phi) is 7.03. The number of nitrogens with zero attached hydrogens (tertiary/aromatic N) is 1. The Morgan fingerprint density at radius 1 is 1.07 bits per heavy atom. The Bertz CT molecular complexity index is 889. The van der Waals surface area contributed by atoms with E-state index < -0.39 is 0 Å². The van der Waals surface area contributed by atoms with E-state index in [2.05, 4.69) is 22.5 Å². The van der Waals surface area contributed by atoms with Crippen LogP contribution in [0.2, 0.25) is 0 Å². The lowest BCUT2D eigenvalue weighted by Crippen LogP contribution is -2.11. The van der Waals surface area contributed by atoms with Crippen LogP contribution in [0, 0.1) is 0 Å². The van der Waals surface area contributed by atoms with E-state index in [1.807, 2.05) is 48.7 Å². The lowest BCUT2D eigenvalue weighted by Gasteiger charge is -2.08. The topological polar surface area (TPSA) is 63.2 Å². The highest BCUT2D eigenvalue weighted by molar-refractivity contribution is 7.14. The number of amides is 1. The van der Waals surface area contributed by atoms with E-state index in [1.54, 1.807) is 23.5 Å². The largest absolute Gasteiger partial charge is 0.494 e. The van der Waals surface area contributed by atoms with Gasteiger partial charge in [-0.15, -0.1) is 11.3 Å². The van der Waals surface area contributed by atoms with Crippen LogP contribution in [0.5, 0.6) is 5.75 Å². The van der Waals surface area contributed by atoms with Crippen molar-refractivity contribution in [1.29, 1.82) is 0 Å². The number of nitrogens with one attached hydrogen (secondary N) is 2. The first kappa shape index (κ1) is 19.9. The van der Waals surface area contributed by atoms with Gasteiger partial charge in [-0.05, 0) is 49.7 Å². The Morgan fingerprint density at radius 3 is 2.50 bits per heavy atom. The van der Waals surface area contributed by atoms with Crippen molar-refractivity contribution in [2.24, 2.45) is 0 Å². The van der Waals surface area contributed by atoms with Gasteiger partial charge in [0.15, 0.2) is 5.13 Å². The molecule has 0 radical (unpaired) electrons. The molecule has 0 fully saturated rings. The van der Waals surface area contributed by atoms with Crippen LogP contribution in [0.4, 0.5) is 10.8 Å². The molecule has 1 heterocycles. The van der Waals surface area contributed by atoms with Crippen LogP contribution in [-0.2, 0) is 0 Å². The number of rotatable bonds is 9. The van der Waals surface area contributed by atoms with Crippen molar-refractivity contribution in [3.63, 3.8) is 0 Å². The van der Waals surface area contributed by atoms with E-state index >= 15 is 0 Å². The average molecular weight is 396 g/mol. The van der Waals surface area contributed by atoms with Gasteiger partial charge in [0.25, 0.3) is 5.91 Å². The molecule has 1 amide bonds. The fourth-order valence-corrected chi connectivity index (χ4v) is 3.39. The zero-order valence-corrected chi connectivity index (χ0v) is 17.0. The Morgan fingerprint density at radius 2 is 1.82 bits per heavy atom. The van der Waals surface area contributed by atoms with E-state index in [0.717, 1.165) is 47.2 Å². The molecule has 6 heteroatoms. The van der Waals surface area contributed by atoms with Crippen LogP contribution in [-0.4, -0.2) is 24.0 Å². The van der Waals surface area contributed by atoms with Gasteiger partial charge < -0.3 is 15.4 Å². The highest BCUT2D eigenvalue weighted by atomic mass is 32.1. The average Bonchev–Trinajstić information content (AvgIpc) is 3.18. The van der Waals surface area contributed by atoms with Crippen molar-refractivity contribution < 1.29 is 9.53 Å². The molecule has 0 aliphatic rings. The van der Waals surface area contributed by atoms with Gasteiger partial charge in [-0.1, -0.05) is 25.5 Å². The summed E-state index contributed by atoms with van der Waals surface area (Å²) in [5, 5.41) is 9.07. The molecule has 0 saturated carbocycles. The van der Waals surface area contributed by atoms with Crippen LogP contribution in [0.25, 0.3) is 11.3 Å². The maximum atomic E-state index is 12.4. The summed E-state index contributed by atoms with van der Waals surface area (Å²) in [5.41, 5.74) is 3.30. The number of hydrogen-bond donors (Lipinski definition) is 2. The fraction of sp³-hybridized carbons (Fsp3) is 0.273. The van der Waals surface area contributed by atoms with Crippen molar-refractivity contribution in [3.8, 4) is 17.0 Å². The monoisotopic (exact) mass is 395 g/mol. The Hall–Kier alpha value is -2.86. The summed E-state index contributed by atoms with van der Waals surface area (Å²) in [7, 11) is 0. The first-order chi connectivity index (χ1) is 13.7. The second-order valence-electron chi connectivity index (χ2n) is 6.33. The summed E-state index contributed by atoms with van der Waals surface area (Å²) < 4.78 is 5.63. The van der Waals surface area contributed by atoms with Crippen LogP contribution in [0.3, 0.4) is 0 Å². The van der Waals surface area contributed by atoms with Crippen LogP contribution < -0.4 is 15.4 Å². The molecule has 2 aromatic carbocycles. The predicted octanol–water partition coefficient (Wildman–Crippen LogP) is 5.67. The number of ether oxygens (including phenoxy) is 1. The highest BCUT2D eigenvalue weighted by Gasteiger charge is 2.08. The highest BCUT2D eigenvalue weighted by Crippen LogP contribution is 2.26. The van der Waals surface area contributed by atoms with Gasteiger partial charge in [0.05, 0.1) is 12.3 Å². The molecule has 0 unspecified atom stereocenters. The number of carbonyl (C=O) groups excluding carboxylic acids is 1. The number of unbranched alkanes of at least 4 members (excludes halogenated alkanes) is 1. The van der Waals surface area contributed by atoms with E-state index in [9.17, 15) is 4.79 Å². The van der Waals surface area contributed by atoms with Gasteiger partial charge >= 0.3 is 0 Å². The van der Waals surface area contributed by atoms with Crippen LogP contribution in [0.15, 0.2) is 53.9 Å². The van der Waals surface area contributed by atoms with Crippen molar-refractivity contribution in [2.45, 2.75) is 26.7 Å². The normalized spacial score (nSPS) is 10.5. The molecule has 0 aliphatic heterocycles. The summed E-state index contributed by atoms with van der Waals surface area (Å²) in [4.78, 5) is 17.0. The molecule has 0 saturated heterocycles. The van der Waals surface area contributed by atoms with Crippen molar-refractivity contribution in [3.05, 3.63) is 59.5 Å². The molecule has 0 spiro atoms. The number of benzene rings is 2. The zero-order chi connectivity index (χ0) is 19.8. The second kappa shape index (κ2) is 9.90. The minimum absolute atomic E-state index is 0.143. The third-order valence-corrected chi connectivity index (χ3v) is 4.95. The molecule has 5 nitrogen and oxygen atoms in total. The summed E-state index contributed by atoms with van der Waals surface area (Å²) in [5.74, 6) is 0.644.